The van der Waals surface area contributed by atoms with E-state index in [0.29, 0.717) is 11.4 Å². The molecule has 4 rings (SSSR count). The van der Waals surface area contributed by atoms with E-state index < -0.39 is 17.9 Å². The van der Waals surface area contributed by atoms with Gasteiger partial charge >= 0.3 is 0 Å². The largest absolute Gasteiger partial charge is 0.467 e. The Hall–Kier alpha value is -3.66. The Balaban J connectivity index is 1.80. The first-order chi connectivity index (χ1) is 16.4. The van der Waals surface area contributed by atoms with Crippen LogP contribution in [-0.2, 0) is 11.2 Å². The fraction of sp³-hybridized carbons (Fsp3) is 0.333. The van der Waals surface area contributed by atoms with Gasteiger partial charge in [-0.05, 0) is 60.6 Å². The third-order valence-electron chi connectivity index (χ3n) is 6.02. The average Bonchev–Trinajstić information content (AvgIpc) is 3.59. The summed E-state index contributed by atoms with van der Waals surface area (Å²) in [6.45, 7) is 2.03. The van der Waals surface area contributed by atoms with Crippen molar-refractivity contribution in [1.29, 1.82) is 0 Å². The van der Waals surface area contributed by atoms with Gasteiger partial charge in [-0.15, -0.1) is 0 Å². The summed E-state index contributed by atoms with van der Waals surface area (Å²) in [7, 11) is 0. The highest BCUT2D eigenvalue weighted by molar-refractivity contribution is 7.09. The van der Waals surface area contributed by atoms with Crippen LogP contribution in [0.2, 0.25) is 0 Å². The third-order valence-corrected chi connectivity index (χ3v) is 6.87. The number of nitrogens with one attached hydrogen (secondary N) is 1. The summed E-state index contributed by atoms with van der Waals surface area (Å²) in [6, 6.07) is 9.63. The number of aryl methyl sites for hydroxylation is 1. The van der Waals surface area contributed by atoms with Crippen LogP contribution < -0.4 is 21.7 Å². The molecule has 2 aromatic heterocycles. The number of carbonyl (C=O) groups excluding carboxylic acids is 3. The zero-order valence-electron chi connectivity index (χ0n) is 18.8. The van der Waals surface area contributed by atoms with Crippen LogP contribution in [0, 0.1) is 0 Å². The molecule has 0 bridgehead atoms. The van der Waals surface area contributed by atoms with E-state index in [-0.39, 0.29) is 28.2 Å². The molecule has 0 spiro atoms. The topological polar surface area (TPSA) is 145 Å². The minimum atomic E-state index is -1.09. The number of nitrogens with two attached hydrogens (primary N) is 2. The molecule has 1 aliphatic carbocycles. The lowest BCUT2D eigenvalue weighted by atomic mass is 10.1. The number of aromatic nitrogens is 1. The van der Waals surface area contributed by atoms with Crippen molar-refractivity contribution >= 4 is 40.6 Å². The molecule has 0 aliphatic heterocycles. The molecule has 2 heterocycles. The summed E-state index contributed by atoms with van der Waals surface area (Å²) in [5, 5.41) is 3.07. The van der Waals surface area contributed by atoms with Crippen molar-refractivity contribution < 1.29 is 18.8 Å². The Morgan fingerprint density at radius 2 is 1.91 bits per heavy atom. The summed E-state index contributed by atoms with van der Waals surface area (Å²) in [5.74, 6) is -1.45. The molecule has 10 heteroatoms. The fourth-order valence-corrected chi connectivity index (χ4v) is 4.93. The molecular formula is C24H27N5O4S. The molecule has 0 radical (unpaired) electrons. The number of hydrogen-bond donors (Lipinski definition) is 3. The van der Waals surface area contributed by atoms with Crippen molar-refractivity contribution in [2.24, 2.45) is 5.73 Å². The number of carbonyl (C=O) groups is 3. The van der Waals surface area contributed by atoms with E-state index in [0.717, 1.165) is 49.2 Å². The minimum absolute atomic E-state index is 0.0265. The number of amides is 3. The molecular weight excluding hydrogens is 454 g/mol. The molecule has 1 saturated carbocycles. The number of benzene rings is 1. The number of primary amides is 1. The monoisotopic (exact) mass is 481 g/mol. The Kier molecular flexibility index (Phi) is 6.97. The number of anilines is 2. The quantitative estimate of drug-likeness (QED) is 0.449. The standard InChI is InChI=1S/C24H27N5O4S/c1-2-14-9-11-16(12-10-14)29(24(32)21-18(25)19(22(26)30)28-34-21)20(17-8-5-13-33-17)23(31)27-15-6-3-4-7-15/h5,8-13,15,20H,2-4,6-7,25H2,1H3,(H2,26,30)(H,27,31)/t20-/m0/s1. The summed E-state index contributed by atoms with van der Waals surface area (Å²) < 4.78 is 9.58. The van der Waals surface area contributed by atoms with E-state index in [2.05, 4.69) is 9.69 Å². The minimum Gasteiger partial charge on any atom is -0.467 e. The van der Waals surface area contributed by atoms with Crippen molar-refractivity contribution in [3.63, 3.8) is 0 Å². The Bertz CT molecular complexity index is 1170. The molecule has 3 aromatic rings. The van der Waals surface area contributed by atoms with Crippen molar-refractivity contribution in [1.82, 2.24) is 9.69 Å². The molecule has 1 fully saturated rings. The van der Waals surface area contributed by atoms with Gasteiger partial charge in [-0.1, -0.05) is 31.9 Å². The van der Waals surface area contributed by atoms with Gasteiger partial charge in [0.05, 0.1) is 12.0 Å². The molecule has 5 N–H and O–H groups in total. The second kappa shape index (κ2) is 10.1. The van der Waals surface area contributed by atoms with Crippen LogP contribution in [0.1, 0.15) is 70.1 Å². The molecule has 34 heavy (non-hydrogen) atoms. The number of nitrogens with zero attached hydrogens (tertiary/aromatic N) is 2. The third kappa shape index (κ3) is 4.67. The first kappa shape index (κ1) is 23.5. The highest BCUT2D eigenvalue weighted by atomic mass is 32.1. The molecule has 0 saturated heterocycles. The van der Waals surface area contributed by atoms with Gasteiger partial charge in [0.15, 0.2) is 11.7 Å². The summed E-state index contributed by atoms with van der Waals surface area (Å²) in [4.78, 5) is 40.5. The summed E-state index contributed by atoms with van der Waals surface area (Å²) >= 11 is 0.773. The van der Waals surface area contributed by atoms with E-state index in [4.69, 9.17) is 15.9 Å². The summed E-state index contributed by atoms with van der Waals surface area (Å²) in [6.07, 6.45) is 6.15. The van der Waals surface area contributed by atoms with Gasteiger partial charge in [0.2, 0.25) is 0 Å². The van der Waals surface area contributed by atoms with E-state index in [9.17, 15) is 14.4 Å². The number of furan rings is 1. The van der Waals surface area contributed by atoms with E-state index in [1.807, 2.05) is 19.1 Å². The van der Waals surface area contributed by atoms with E-state index in [1.165, 1.54) is 11.2 Å². The van der Waals surface area contributed by atoms with Gasteiger partial charge in [-0.25, -0.2) is 0 Å². The SMILES string of the molecule is CCc1ccc(N(C(=O)c2snc(C(N)=O)c2N)[C@H](C(=O)NC2CCCC2)c2ccco2)cc1. The van der Waals surface area contributed by atoms with Gasteiger partial charge in [0, 0.05) is 11.7 Å². The van der Waals surface area contributed by atoms with Gasteiger partial charge in [0.25, 0.3) is 17.7 Å². The maximum atomic E-state index is 13.9. The Morgan fingerprint density at radius 3 is 2.47 bits per heavy atom. The highest BCUT2D eigenvalue weighted by Gasteiger charge is 2.38. The second-order valence-electron chi connectivity index (χ2n) is 8.24. The smallest absolute Gasteiger partial charge is 0.273 e. The predicted molar refractivity (Wildman–Crippen MR) is 130 cm³/mol. The number of nitrogen functional groups attached to an aromatic ring is 1. The van der Waals surface area contributed by atoms with Crippen LogP contribution in [0.25, 0.3) is 0 Å². The van der Waals surface area contributed by atoms with Crippen molar-refractivity contribution in [2.75, 3.05) is 10.6 Å². The second-order valence-corrected chi connectivity index (χ2v) is 9.01. The lowest BCUT2D eigenvalue weighted by Gasteiger charge is -2.30. The first-order valence-corrected chi connectivity index (χ1v) is 12.0. The molecule has 1 atom stereocenters. The van der Waals surface area contributed by atoms with Crippen molar-refractivity contribution in [3.05, 3.63) is 64.6 Å². The van der Waals surface area contributed by atoms with Gasteiger partial charge in [-0.2, -0.15) is 4.37 Å². The van der Waals surface area contributed by atoms with Crippen LogP contribution in [0.15, 0.2) is 47.1 Å². The van der Waals surface area contributed by atoms with E-state index >= 15 is 0 Å². The molecule has 0 unspecified atom stereocenters. The van der Waals surface area contributed by atoms with Crippen LogP contribution >= 0.6 is 11.5 Å². The van der Waals surface area contributed by atoms with Crippen LogP contribution in [0.4, 0.5) is 11.4 Å². The molecule has 1 aromatic carbocycles. The van der Waals surface area contributed by atoms with Crippen LogP contribution in [0.5, 0.6) is 0 Å². The lowest BCUT2D eigenvalue weighted by molar-refractivity contribution is -0.123. The van der Waals surface area contributed by atoms with Crippen LogP contribution in [-0.4, -0.2) is 28.1 Å². The van der Waals surface area contributed by atoms with Crippen LogP contribution in [0.3, 0.4) is 0 Å². The predicted octanol–water partition coefficient (Wildman–Crippen LogP) is 3.43. The fourth-order valence-electron chi connectivity index (χ4n) is 4.19. The number of rotatable bonds is 8. The molecule has 1 aliphatic rings. The maximum Gasteiger partial charge on any atom is 0.273 e. The van der Waals surface area contributed by atoms with Crippen molar-refractivity contribution in [3.8, 4) is 0 Å². The van der Waals surface area contributed by atoms with Gasteiger partial charge < -0.3 is 21.2 Å². The maximum absolute atomic E-state index is 13.9. The molecule has 9 nitrogen and oxygen atoms in total. The zero-order valence-corrected chi connectivity index (χ0v) is 19.6. The van der Waals surface area contributed by atoms with Crippen molar-refractivity contribution in [2.45, 2.75) is 51.1 Å². The number of hydrogen-bond acceptors (Lipinski definition) is 7. The zero-order chi connectivity index (χ0) is 24.2. The average molecular weight is 482 g/mol. The van der Waals surface area contributed by atoms with Gasteiger partial charge in [-0.3, -0.25) is 19.3 Å². The Morgan fingerprint density at radius 1 is 1.21 bits per heavy atom. The Labute approximate surface area is 201 Å². The highest BCUT2D eigenvalue weighted by Crippen LogP contribution is 2.34. The molecule has 3 amide bonds. The first-order valence-electron chi connectivity index (χ1n) is 11.2. The molecule has 178 valence electrons. The van der Waals surface area contributed by atoms with Gasteiger partial charge in [0.1, 0.15) is 10.6 Å². The summed E-state index contributed by atoms with van der Waals surface area (Å²) in [5.41, 5.74) is 12.7. The normalized spacial score (nSPS) is 14.6. The van der Waals surface area contributed by atoms with E-state index in [1.54, 1.807) is 24.3 Å². The lowest BCUT2D eigenvalue weighted by Crippen LogP contribution is -2.46.